The normalized spacial score (nSPS) is 11.4. The quantitative estimate of drug-likeness (QED) is 0.154. The SMILES string of the molecule is Cc1nc(C)nc(-c2ccc3c4ccc(-c5nc(C)nc(C)n5)cc4n(-c4ccc(-c5ccncc5)cc4-c4nc(-c5ccccc5)nc(-c5ccccc5)n4)c3c2)n1. The molecule has 0 radical (unpaired) electrons. The molecule has 11 heteroatoms. The van der Waals surface area contributed by atoms with E-state index in [1.165, 1.54) is 0 Å². The molecular weight excluding hydrogens is 731 g/mol. The first-order chi connectivity index (χ1) is 28.8. The molecule has 0 aliphatic heterocycles. The summed E-state index contributed by atoms with van der Waals surface area (Å²) < 4.78 is 2.28. The third kappa shape index (κ3) is 6.74. The molecule has 0 amide bonds. The molecule has 0 aliphatic carbocycles. The summed E-state index contributed by atoms with van der Waals surface area (Å²) in [5.41, 5.74) is 9.09. The molecule has 5 heterocycles. The topological polar surface area (TPSA) is 134 Å². The van der Waals surface area contributed by atoms with Crippen molar-refractivity contribution >= 4 is 21.8 Å². The van der Waals surface area contributed by atoms with Crippen molar-refractivity contribution in [2.45, 2.75) is 27.7 Å². The van der Waals surface area contributed by atoms with E-state index in [4.69, 9.17) is 34.9 Å². The Morgan fingerprint density at radius 3 is 1.27 bits per heavy atom. The molecule has 0 saturated heterocycles. The van der Waals surface area contributed by atoms with Gasteiger partial charge in [0, 0.05) is 51.0 Å². The highest BCUT2D eigenvalue weighted by Crippen LogP contribution is 2.40. The average Bonchev–Trinajstić information content (AvgIpc) is 3.59. The van der Waals surface area contributed by atoms with Gasteiger partial charge in [-0.15, -0.1) is 0 Å². The lowest BCUT2D eigenvalue weighted by Gasteiger charge is -2.17. The summed E-state index contributed by atoms with van der Waals surface area (Å²) in [6, 6.07) is 43.2. The predicted octanol–water partition coefficient (Wildman–Crippen LogP) is 9.97. The Kier molecular flexibility index (Phi) is 8.75. The van der Waals surface area contributed by atoms with Crippen molar-refractivity contribution in [3.8, 4) is 73.8 Å². The van der Waals surface area contributed by atoms with Crippen molar-refractivity contribution in [2.24, 2.45) is 0 Å². The number of aryl methyl sites for hydroxylation is 4. The molecule has 10 rings (SSSR count). The highest BCUT2D eigenvalue weighted by molar-refractivity contribution is 6.11. The van der Waals surface area contributed by atoms with Crippen LogP contribution in [-0.2, 0) is 0 Å². The van der Waals surface area contributed by atoms with Gasteiger partial charge in [0.25, 0.3) is 0 Å². The van der Waals surface area contributed by atoms with Crippen LogP contribution >= 0.6 is 0 Å². The summed E-state index contributed by atoms with van der Waals surface area (Å²) in [5.74, 6) is 5.53. The summed E-state index contributed by atoms with van der Waals surface area (Å²) in [6.07, 6.45) is 3.61. The molecule has 0 spiro atoms. The minimum atomic E-state index is 0.526. The molecule has 0 aliphatic rings. The van der Waals surface area contributed by atoms with E-state index in [-0.39, 0.29) is 0 Å². The molecule has 59 heavy (non-hydrogen) atoms. The molecular formula is C48H35N11. The van der Waals surface area contributed by atoms with E-state index in [1.807, 2.05) is 100 Å². The van der Waals surface area contributed by atoms with Crippen LogP contribution in [0.3, 0.4) is 0 Å². The Hall–Kier alpha value is -7.92. The number of benzene rings is 5. The predicted molar refractivity (Wildman–Crippen MR) is 230 cm³/mol. The third-order valence-electron chi connectivity index (χ3n) is 10.2. The number of aromatic nitrogens is 11. The van der Waals surface area contributed by atoms with Gasteiger partial charge in [0.05, 0.1) is 16.7 Å². The number of hydrogen-bond acceptors (Lipinski definition) is 10. The van der Waals surface area contributed by atoms with Gasteiger partial charge in [-0.05, 0) is 75.2 Å². The highest BCUT2D eigenvalue weighted by Gasteiger charge is 2.22. The van der Waals surface area contributed by atoms with Crippen LogP contribution in [0.5, 0.6) is 0 Å². The van der Waals surface area contributed by atoms with E-state index in [2.05, 4.69) is 74.1 Å². The van der Waals surface area contributed by atoms with E-state index in [1.54, 1.807) is 12.4 Å². The van der Waals surface area contributed by atoms with Gasteiger partial charge in [0.15, 0.2) is 29.1 Å². The number of nitrogens with zero attached hydrogens (tertiary/aromatic N) is 11. The standard InChI is InChI=1S/C48H35N11/c1-28-50-29(2)53-46(52-28)36-15-18-38-39-19-16-37(47-54-30(3)51-31(4)55-47)27-43(39)59(42(38)26-36)41-20-17-35(32-21-23-49-24-22-32)25-40(41)48-57-44(33-11-7-5-8-12-33)56-45(58-48)34-13-9-6-10-14-34/h5-27H,1-4H3. The van der Waals surface area contributed by atoms with Gasteiger partial charge in [0.2, 0.25) is 0 Å². The maximum absolute atomic E-state index is 5.23. The fourth-order valence-electron chi connectivity index (χ4n) is 7.61. The number of pyridine rings is 1. The fourth-order valence-corrected chi connectivity index (χ4v) is 7.61. The Labute approximate surface area is 339 Å². The van der Waals surface area contributed by atoms with Crippen molar-refractivity contribution in [1.29, 1.82) is 0 Å². The van der Waals surface area contributed by atoms with Gasteiger partial charge in [-0.25, -0.2) is 44.9 Å². The summed E-state index contributed by atoms with van der Waals surface area (Å²) in [4.78, 5) is 47.6. The molecule has 5 aromatic heterocycles. The van der Waals surface area contributed by atoms with E-state index < -0.39 is 0 Å². The minimum absolute atomic E-state index is 0.526. The van der Waals surface area contributed by atoms with Crippen LogP contribution in [0, 0.1) is 27.7 Å². The average molecular weight is 766 g/mol. The van der Waals surface area contributed by atoms with Crippen LogP contribution in [0.25, 0.3) is 95.6 Å². The zero-order valence-corrected chi connectivity index (χ0v) is 32.7. The number of rotatable bonds is 7. The molecule has 0 bridgehead atoms. The smallest absolute Gasteiger partial charge is 0.166 e. The zero-order chi connectivity index (χ0) is 40.0. The van der Waals surface area contributed by atoms with Crippen molar-refractivity contribution in [1.82, 2.24) is 54.4 Å². The van der Waals surface area contributed by atoms with Crippen LogP contribution < -0.4 is 0 Å². The maximum Gasteiger partial charge on any atom is 0.166 e. The molecule has 0 unspecified atom stereocenters. The molecule has 0 saturated carbocycles. The molecule has 282 valence electrons. The first kappa shape index (κ1) is 35.5. The second-order valence-electron chi connectivity index (χ2n) is 14.3. The molecule has 0 N–H and O–H groups in total. The van der Waals surface area contributed by atoms with Gasteiger partial charge in [0.1, 0.15) is 23.3 Å². The monoisotopic (exact) mass is 765 g/mol. The van der Waals surface area contributed by atoms with Gasteiger partial charge in [-0.3, -0.25) is 4.98 Å². The minimum Gasteiger partial charge on any atom is -0.308 e. The molecule has 11 nitrogen and oxygen atoms in total. The lowest BCUT2D eigenvalue weighted by atomic mass is 10.0. The highest BCUT2D eigenvalue weighted by atomic mass is 15.1. The van der Waals surface area contributed by atoms with Gasteiger partial charge in [-0.2, -0.15) is 0 Å². The number of hydrogen-bond donors (Lipinski definition) is 0. The van der Waals surface area contributed by atoms with Crippen molar-refractivity contribution < 1.29 is 0 Å². The second kappa shape index (κ2) is 14.5. The summed E-state index contributed by atoms with van der Waals surface area (Å²) in [5, 5.41) is 2.10. The second-order valence-corrected chi connectivity index (χ2v) is 14.3. The van der Waals surface area contributed by atoms with Crippen LogP contribution in [0.15, 0.2) is 140 Å². The third-order valence-corrected chi connectivity index (χ3v) is 10.2. The molecule has 5 aromatic carbocycles. The van der Waals surface area contributed by atoms with Crippen molar-refractivity contribution in [2.75, 3.05) is 0 Å². The lowest BCUT2D eigenvalue weighted by Crippen LogP contribution is -2.04. The summed E-state index contributed by atoms with van der Waals surface area (Å²) in [7, 11) is 0. The Morgan fingerprint density at radius 1 is 0.339 bits per heavy atom. The molecule has 0 fully saturated rings. The van der Waals surface area contributed by atoms with Gasteiger partial charge in [-0.1, -0.05) is 91.0 Å². The first-order valence-corrected chi connectivity index (χ1v) is 19.2. The zero-order valence-electron chi connectivity index (χ0n) is 32.7. The van der Waals surface area contributed by atoms with Crippen LogP contribution in [0.1, 0.15) is 23.3 Å². The van der Waals surface area contributed by atoms with Crippen LogP contribution in [-0.4, -0.2) is 54.4 Å². The van der Waals surface area contributed by atoms with E-state index in [9.17, 15) is 0 Å². The van der Waals surface area contributed by atoms with E-state index >= 15 is 0 Å². The van der Waals surface area contributed by atoms with E-state index in [0.717, 1.165) is 66.4 Å². The summed E-state index contributed by atoms with van der Waals surface area (Å²) >= 11 is 0. The number of fused-ring (bicyclic) bond motifs is 3. The summed E-state index contributed by atoms with van der Waals surface area (Å²) in [6.45, 7) is 7.55. The maximum atomic E-state index is 5.23. The van der Waals surface area contributed by atoms with E-state index in [0.29, 0.717) is 52.4 Å². The largest absolute Gasteiger partial charge is 0.308 e. The fraction of sp³-hybridized carbons (Fsp3) is 0.0833. The Balaban J connectivity index is 1.31. The molecule has 10 aromatic rings. The van der Waals surface area contributed by atoms with Crippen LogP contribution in [0.4, 0.5) is 0 Å². The van der Waals surface area contributed by atoms with Crippen molar-refractivity contribution in [3.63, 3.8) is 0 Å². The van der Waals surface area contributed by atoms with Gasteiger partial charge >= 0.3 is 0 Å². The molecule has 0 atom stereocenters. The first-order valence-electron chi connectivity index (χ1n) is 19.2. The van der Waals surface area contributed by atoms with Crippen LogP contribution in [0.2, 0.25) is 0 Å². The Bertz CT molecular complexity index is 2990. The van der Waals surface area contributed by atoms with Gasteiger partial charge < -0.3 is 4.57 Å². The van der Waals surface area contributed by atoms with Crippen molar-refractivity contribution in [3.05, 3.63) is 163 Å². The lowest BCUT2D eigenvalue weighted by molar-refractivity contribution is 0.928. The Morgan fingerprint density at radius 2 is 0.780 bits per heavy atom.